The molecule has 0 fully saturated rings. The molecule has 0 heterocycles. The highest BCUT2D eigenvalue weighted by atomic mass is 16.5. The fraction of sp³-hybridized carbons (Fsp3) is 0.533. The van der Waals surface area contributed by atoms with E-state index in [-0.39, 0.29) is 5.97 Å². The molecule has 0 rings (SSSR count). The Labute approximate surface area is 125 Å². The molecule has 0 bridgehead atoms. The molecule has 120 valence electrons. The first-order chi connectivity index (χ1) is 9.87. The molecular formula is C15H24O6. The van der Waals surface area contributed by atoms with Crippen molar-refractivity contribution >= 4 is 17.9 Å². The Morgan fingerprint density at radius 1 is 1.14 bits per heavy atom. The molecule has 1 unspecified atom stereocenters. The Morgan fingerprint density at radius 3 is 2.00 bits per heavy atom. The van der Waals surface area contributed by atoms with Crippen LogP contribution in [0.3, 0.4) is 0 Å². The number of aliphatic carboxylic acids is 2. The van der Waals surface area contributed by atoms with Crippen LogP contribution < -0.4 is 0 Å². The normalized spacial score (nSPS) is 11.1. The van der Waals surface area contributed by atoms with Gasteiger partial charge in [0.1, 0.15) is 0 Å². The maximum Gasteiger partial charge on any atom is 0.330 e. The number of rotatable bonds is 9. The summed E-state index contributed by atoms with van der Waals surface area (Å²) >= 11 is 0. The molecule has 0 spiro atoms. The second kappa shape index (κ2) is 14.3. The third-order valence-corrected chi connectivity index (χ3v) is 2.54. The lowest BCUT2D eigenvalue weighted by atomic mass is 10.0. The van der Waals surface area contributed by atoms with Gasteiger partial charge in [-0.05, 0) is 12.3 Å². The maximum atomic E-state index is 10.8. The van der Waals surface area contributed by atoms with Crippen LogP contribution in [0.4, 0.5) is 0 Å². The zero-order valence-corrected chi connectivity index (χ0v) is 12.6. The summed E-state index contributed by atoms with van der Waals surface area (Å²) in [6.07, 6.45) is 6.97. The van der Waals surface area contributed by atoms with Crippen molar-refractivity contribution in [3.8, 4) is 0 Å². The van der Waals surface area contributed by atoms with Gasteiger partial charge in [-0.15, -0.1) is 0 Å². The Balaban J connectivity index is 0. The second-order valence-electron chi connectivity index (χ2n) is 4.26. The number of carboxylic acid groups (broad SMARTS) is 2. The molecule has 0 saturated carbocycles. The van der Waals surface area contributed by atoms with Gasteiger partial charge in [-0.3, -0.25) is 0 Å². The minimum atomic E-state index is -1.26. The van der Waals surface area contributed by atoms with Gasteiger partial charge in [0.25, 0.3) is 0 Å². The molecule has 21 heavy (non-hydrogen) atoms. The topological polar surface area (TPSA) is 101 Å². The molecule has 0 aromatic heterocycles. The van der Waals surface area contributed by atoms with Crippen LogP contribution in [0.2, 0.25) is 0 Å². The van der Waals surface area contributed by atoms with Crippen molar-refractivity contribution in [3.05, 3.63) is 24.8 Å². The highest BCUT2D eigenvalue weighted by molar-refractivity contribution is 5.89. The van der Waals surface area contributed by atoms with Crippen LogP contribution in [0.25, 0.3) is 0 Å². The van der Waals surface area contributed by atoms with Gasteiger partial charge < -0.3 is 14.9 Å². The Kier molecular flexibility index (Phi) is 14.4. The van der Waals surface area contributed by atoms with E-state index in [9.17, 15) is 14.4 Å². The molecule has 6 heteroatoms. The largest absolute Gasteiger partial charge is 0.478 e. The first kappa shape index (κ1) is 21.2. The van der Waals surface area contributed by atoms with E-state index in [0.29, 0.717) is 24.7 Å². The van der Waals surface area contributed by atoms with Crippen LogP contribution >= 0.6 is 0 Å². The Hall–Kier alpha value is -2.11. The van der Waals surface area contributed by atoms with Gasteiger partial charge in [0.2, 0.25) is 0 Å². The van der Waals surface area contributed by atoms with Crippen molar-refractivity contribution in [1.82, 2.24) is 0 Å². The minimum absolute atomic E-state index is 0.310. The quantitative estimate of drug-likeness (QED) is 0.501. The third-order valence-electron chi connectivity index (χ3n) is 2.54. The number of carboxylic acids is 2. The molecule has 0 aromatic carbocycles. The third kappa shape index (κ3) is 17.9. The fourth-order valence-corrected chi connectivity index (χ4v) is 1.30. The number of carbonyl (C=O) groups excluding carboxylic acids is 1. The SMILES string of the molecule is C=CC(=O)OCC(CC)CCCC.O=C(O)/C=C\C(=O)O. The molecular weight excluding hydrogens is 276 g/mol. The molecule has 1 atom stereocenters. The fourth-order valence-electron chi connectivity index (χ4n) is 1.30. The second-order valence-corrected chi connectivity index (χ2v) is 4.26. The van der Waals surface area contributed by atoms with Crippen LogP contribution in [0.5, 0.6) is 0 Å². The standard InChI is InChI=1S/C11H20O2.C4H4O4/c1-4-7-8-10(5-2)9-13-11(12)6-3;5-3(6)1-2-4(7)8/h6,10H,3-5,7-9H2,1-2H3;1-2H,(H,5,6)(H,7,8)/b;2-1-. The summed E-state index contributed by atoms with van der Waals surface area (Å²) in [5.41, 5.74) is 0. The smallest absolute Gasteiger partial charge is 0.330 e. The number of hydrogen-bond donors (Lipinski definition) is 2. The summed E-state index contributed by atoms with van der Waals surface area (Å²) in [5, 5.41) is 15.6. The van der Waals surface area contributed by atoms with E-state index in [0.717, 1.165) is 12.8 Å². The number of carbonyl (C=O) groups is 3. The summed E-state index contributed by atoms with van der Waals surface area (Å²) in [5.74, 6) is -2.31. The molecule has 0 amide bonds. The van der Waals surface area contributed by atoms with Crippen molar-refractivity contribution in [2.75, 3.05) is 6.61 Å². The lowest BCUT2D eigenvalue weighted by molar-refractivity contribution is -0.139. The lowest BCUT2D eigenvalue weighted by Gasteiger charge is -2.13. The summed E-state index contributed by atoms with van der Waals surface area (Å²) in [4.78, 5) is 29.9. The van der Waals surface area contributed by atoms with E-state index in [1.165, 1.54) is 18.9 Å². The summed E-state index contributed by atoms with van der Waals surface area (Å²) in [7, 11) is 0. The van der Waals surface area contributed by atoms with Gasteiger partial charge in [-0.1, -0.05) is 39.7 Å². The van der Waals surface area contributed by atoms with E-state index >= 15 is 0 Å². The van der Waals surface area contributed by atoms with E-state index in [2.05, 4.69) is 20.4 Å². The minimum Gasteiger partial charge on any atom is -0.478 e. The summed E-state index contributed by atoms with van der Waals surface area (Å²) in [6, 6.07) is 0. The van der Waals surface area contributed by atoms with E-state index in [4.69, 9.17) is 14.9 Å². The Bertz CT molecular complexity index is 343. The Morgan fingerprint density at radius 2 is 1.67 bits per heavy atom. The molecule has 0 aromatic rings. The lowest BCUT2D eigenvalue weighted by Crippen LogP contribution is -2.12. The van der Waals surface area contributed by atoms with Crippen molar-refractivity contribution in [1.29, 1.82) is 0 Å². The van der Waals surface area contributed by atoms with Crippen LogP contribution in [-0.4, -0.2) is 34.7 Å². The molecule has 0 radical (unpaired) electrons. The molecule has 0 saturated heterocycles. The van der Waals surface area contributed by atoms with Crippen LogP contribution in [0, 0.1) is 5.92 Å². The first-order valence-electron chi connectivity index (χ1n) is 6.80. The van der Waals surface area contributed by atoms with Crippen LogP contribution in [-0.2, 0) is 19.1 Å². The van der Waals surface area contributed by atoms with Crippen LogP contribution in [0.15, 0.2) is 24.8 Å². The monoisotopic (exact) mass is 300 g/mol. The van der Waals surface area contributed by atoms with Gasteiger partial charge in [0, 0.05) is 18.2 Å². The summed E-state index contributed by atoms with van der Waals surface area (Å²) in [6.45, 7) is 8.19. The average Bonchev–Trinajstić information content (AvgIpc) is 2.45. The number of unbranched alkanes of at least 4 members (excludes halogenated alkanes) is 1. The van der Waals surface area contributed by atoms with Crippen LogP contribution in [0.1, 0.15) is 39.5 Å². The highest BCUT2D eigenvalue weighted by Gasteiger charge is 2.07. The van der Waals surface area contributed by atoms with Gasteiger partial charge in [-0.25, -0.2) is 14.4 Å². The predicted octanol–water partition coefficient (Wildman–Crippen LogP) is 2.64. The van der Waals surface area contributed by atoms with Crippen molar-refractivity contribution < 1.29 is 29.3 Å². The molecule has 6 nitrogen and oxygen atoms in total. The molecule has 2 N–H and O–H groups in total. The van der Waals surface area contributed by atoms with Gasteiger partial charge >= 0.3 is 17.9 Å². The van der Waals surface area contributed by atoms with Gasteiger partial charge in [-0.2, -0.15) is 0 Å². The molecule has 0 aliphatic heterocycles. The zero-order chi connectivity index (χ0) is 16.7. The number of hydrogen-bond acceptors (Lipinski definition) is 4. The summed E-state index contributed by atoms with van der Waals surface area (Å²) < 4.78 is 4.98. The molecule has 0 aliphatic rings. The number of esters is 1. The predicted molar refractivity (Wildman–Crippen MR) is 78.9 cm³/mol. The highest BCUT2D eigenvalue weighted by Crippen LogP contribution is 2.12. The van der Waals surface area contributed by atoms with Crippen molar-refractivity contribution in [3.63, 3.8) is 0 Å². The van der Waals surface area contributed by atoms with Crippen molar-refractivity contribution in [2.24, 2.45) is 5.92 Å². The number of ether oxygens (including phenoxy) is 1. The van der Waals surface area contributed by atoms with E-state index in [1.54, 1.807) is 0 Å². The zero-order valence-electron chi connectivity index (χ0n) is 12.6. The van der Waals surface area contributed by atoms with Crippen molar-refractivity contribution in [2.45, 2.75) is 39.5 Å². The van der Waals surface area contributed by atoms with Gasteiger partial charge in [0.15, 0.2) is 0 Å². The van der Waals surface area contributed by atoms with E-state index in [1.807, 2.05) is 0 Å². The average molecular weight is 300 g/mol. The first-order valence-corrected chi connectivity index (χ1v) is 6.80. The van der Waals surface area contributed by atoms with E-state index < -0.39 is 11.9 Å². The van der Waals surface area contributed by atoms with Gasteiger partial charge in [0.05, 0.1) is 6.61 Å². The maximum absolute atomic E-state index is 10.8. The molecule has 0 aliphatic carbocycles.